The van der Waals surface area contributed by atoms with Gasteiger partial charge in [-0.25, -0.2) is 4.39 Å². The van der Waals surface area contributed by atoms with Gasteiger partial charge in [-0.05, 0) is 52.7 Å². The fraction of sp³-hybridized carbons (Fsp3) is 0.0769. The van der Waals surface area contributed by atoms with Crippen molar-refractivity contribution in [2.75, 3.05) is 5.32 Å². The molecular formula is C13H10BrFN2O. The first kappa shape index (κ1) is 12.7. The van der Waals surface area contributed by atoms with Crippen LogP contribution in [0.25, 0.3) is 0 Å². The van der Waals surface area contributed by atoms with Gasteiger partial charge in [0.1, 0.15) is 5.82 Å². The molecule has 18 heavy (non-hydrogen) atoms. The van der Waals surface area contributed by atoms with Gasteiger partial charge in [0.05, 0.1) is 10.2 Å². The molecule has 1 aromatic carbocycles. The summed E-state index contributed by atoms with van der Waals surface area (Å²) in [6.45, 7) is 1.69. The third-order valence-corrected chi connectivity index (χ3v) is 3.09. The van der Waals surface area contributed by atoms with Crippen LogP contribution in [0.2, 0.25) is 0 Å². The summed E-state index contributed by atoms with van der Waals surface area (Å²) in [5.41, 5.74) is 1.66. The van der Waals surface area contributed by atoms with E-state index in [1.54, 1.807) is 25.4 Å². The smallest absolute Gasteiger partial charge is 0.255 e. The second kappa shape index (κ2) is 5.27. The van der Waals surface area contributed by atoms with E-state index >= 15 is 0 Å². The second-order valence-corrected chi connectivity index (χ2v) is 4.62. The third kappa shape index (κ3) is 2.73. The lowest BCUT2D eigenvalue weighted by atomic mass is 10.1. The minimum atomic E-state index is -0.353. The standard InChI is InChI=1S/C13H10BrFN2O/c1-8-6-9(15)2-3-10(8)13(18)17-12-4-5-16-7-11(12)14/h2-7H,1H3,(H,16,17,18). The van der Waals surface area contributed by atoms with E-state index in [0.717, 1.165) is 0 Å². The highest BCUT2D eigenvalue weighted by Crippen LogP contribution is 2.21. The quantitative estimate of drug-likeness (QED) is 0.922. The van der Waals surface area contributed by atoms with Crippen LogP contribution >= 0.6 is 15.9 Å². The molecule has 5 heteroatoms. The number of anilines is 1. The molecule has 0 aliphatic carbocycles. The molecule has 0 aliphatic rings. The van der Waals surface area contributed by atoms with Crippen molar-refractivity contribution in [3.8, 4) is 0 Å². The molecule has 2 rings (SSSR count). The Morgan fingerprint density at radius 1 is 1.39 bits per heavy atom. The van der Waals surface area contributed by atoms with Crippen molar-refractivity contribution in [1.82, 2.24) is 4.98 Å². The first-order chi connectivity index (χ1) is 8.58. The Hall–Kier alpha value is -1.75. The van der Waals surface area contributed by atoms with E-state index in [1.165, 1.54) is 18.2 Å². The van der Waals surface area contributed by atoms with Crippen LogP contribution in [0.15, 0.2) is 41.1 Å². The Bertz CT molecular complexity index is 601. The lowest BCUT2D eigenvalue weighted by molar-refractivity contribution is 0.102. The summed E-state index contributed by atoms with van der Waals surface area (Å²) in [6.07, 6.45) is 3.17. The highest BCUT2D eigenvalue weighted by atomic mass is 79.9. The average Bonchev–Trinajstić information content (AvgIpc) is 2.32. The van der Waals surface area contributed by atoms with Crippen LogP contribution in [0.3, 0.4) is 0 Å². The minimum Gasteiger partial charge on any atom is -0.321 e. The molecule has 1 amide bonds. The molecule has 0 aliphatic heterocycles. The fourth-order valence-corrected chi connectivity index (χ4v) is 1.90. The Kier molecular flexibility index (Phi) is 3.72. The van der Waals surface area contributed by atoms with Gasteiger partial charge in [-0.1, -0.05) is 0 Å². The summed E-state index contributed by atoms with van der Waals surface area (Å²) in [4.78, 5) is 15.9. The van der Waals surface area contributed by atoms with Gasteiger partial charge in [0.25, 0.3) is 5.91 Å². The number of amides is 1. The predicted molar refractivity (Wildman–Crippen MR) is 71.0 cm³/mol. The number of carbonyl (C=O) groups excluding carboxylic acids is 1. The molecular weight excluding hydrogens is 299 g/mol. The molecule has 0 radical (unpaired) electrons. The number of hydrogen-bond acceptors (Lipinski definition) is 2. The van der Waals surface area contributed by atoms with E-state index in [4.69, 9.17) is 0 Å². The molecule has 1 aromatic heterocycles. The van der Waals surface area contributed by atoms with E-state index < -0.39 is 0 Å². The van der Waals surface area contributed by atoms with E-state index in [-0.39, 0.29) is 11.7 Å². The molecule has 0 saturated heterocycles. The van der Waals surface area contributed by atoms with Crippen molar-refractivity contribution >= 4 is 27.5 Å². The normalized spacial score (nSPS) is 10.2. The van der Waals surface area contributed by atoms with Gasteiger partial charge in [-0.15, -0.1) is 0 Å². The molecule has 0 saturated carbocycles. The monoisotopic (exact) mass is 308 g/mol. The predicted octanol–water partition coefficient (Wildman–Crippen LogP) is 3.54. The maximum atomic E-state index is 13.0. The van der Waals surface area contributed by atoms with E-state index in [9.17, 15) is 9.18 Å². The highest BCUT2D eigenvalue weighted by molar-refractivity contribution is 9.10. The Labute approximate surface area is 112 Å². The van der Waals surface area contributed by atoms with Crippen molar-refractivity contribution in [3.63, 3.8) is 0 Å². The lowest BCUT2D eigenvalue weighted by Crippen LogP contribution is -2.13. The number of aryl methyl sites for hydroxylation is 1. The number of aromatic nitrogens is 1. The molecule has 3 nitrogen and oxygen atoms in total. The summed E-state index contributed by atoms with van der Waals surface area (Å²) in [5, 5.41) is 2.74. The Balaban J connectivity index is 2.25. The molecule has 1 N–H and O–H groups in total. The van der Waals surface area contributed by atoms with E-state index in [2.05, 4.69) is 26.2 Å². The Morgan fingerprint density at radius 2 is 2.17 bits per heavy atom. The summed E-state index contributed by atoms with van der Waals surface area (Å²) in [7, 11) is 0. The van der Waals surface area contributed by atoms with Gasteiger partial charge < -0.3 is 5.32 Å². The number of hydrogen-bond donors (Lipinski definition) is 1. The van der Waals surface area contributed by atoms with Gasteiger partial charge >= 0.3 is 0 Å². The zero-order valence-electron chi connectivity index (χ0n) is 9.58. The molecule has 0 bridgehead atoms. The van der Waals surface area contributed by atoms with Crippen molar-refractivity contribution in [3.05, 3.63) is 58.1 Å². The van der Waals surface area contributed by atoms with Crippen LogP contribution in [-0.2, 0) is 0 Å². The fourth-order valence-electron chi connectivity index (χ4n) is 1.55. The minimum absolute atomic E-state index is 0.278. The summed E-state index contributed by atoms with van der Waals surface area (Å²) in [5.74, 6) is -0.631. The maximum absolute atomic E-state index is 13.0. The molecule has 1 heterocycles. The van der Waals surface area contributed by atoms with Gasteiger partial charge in [-0.3, -0.25) is 9.78 Å². The van der Waals surface area contributed by atoms with E-state index in [0.29, 0.717) is 21.3 Å². The van der Waals surface area contributed by atoms with Crippen LogP contribution in [0.5, 0.6) is 0 Å². The zero-order valence-corrected chi connectivity index (χ0v) is 11.2. The molecule has 2 aromatic rings. The Morgan fingerprint density at radius 3 is 2.83 bits per heavy atom. The average molecular weight is 309 g/mol. The highest BCUT2D eigenvalue weighted by Gasteiger charge is 2.11. The SMILES string of the molecule is Cc1cc(F)ccc1C(=O)Nc1ccncc1Br. The third-order valence-electron chi connectivity index (χ3n) is 2.45. The summed E-state index contributed by atoms with van der Waals surface area (Å²) >= 11 is 3.29. The lowest BCUT2D eigenvalue weighted by Gasteiger charge is -2.08. The van der Waals surface area contributed by atoms with Crippen LogP contribution in [0.1, 0.15) is 15.9 Å². The van der Waals surface area contributed by atoms with Gasteiger partial charge in [0.2, 0.25) is 0 Å². The first-order valence-electron chi connectivity index (χ1n) is 5.25. The van der Waals surface area contributed by atoms with Crippen molar-refractivity contribution in [1.29, 1.82) is 0 Å². The van der Waals surface area contributed by atoms with Crippen molar-refractivity contribution < 1.29 is 9.18 Å². The van der Waals surface area contributed by atoms with Gasteiger partial charge in [0, 0.05) is 18.0 Å². The van der Waals surface area contributed by atoms with Gasteiger partial charge in [0.15, 0.2) is 0 Å². The van der Waals surface area contributed by atoms with Crippen LogP contribution in [0, 0.1) is 12.7 Å². The van der Waals surface area contributed by atoms with Crippen LogP contribution in [-0.4, -0.2) is 10.9 Å². The zero-order chi connectivity index (χ0) is 13.1. The number of halogens is 2. The number of pyridine rings is 1. The maximum Gasteiger partial charge on any atom is 0.255 e. The van der Waals surface area contributed by atoms with E-state index in [1.807, 2.05) is 0 Å². The largest absolute Gasteiger partial charge is 0.321 e. The molecule has 0 spiro atoms. The molecule has 0 fully saturated rings. The summed E-state index contributed by atoms with van der Waals surface area (Å²) < 4.78 is 13.6. The summed E-state index contributed by atoms with van der Waals surface area (Å²) in [6, 6.07) is 5.75. The molecule has 92 valence electrons. The number of carbonyl (C=O) groups is 1. The van der Waals surface area contributed by atoms with Crippen molar-refractivity contribution in [2.45, 2.75) is 6.92 Å². The molecule has 0 unspecified atom stereocenters. The van der Waals surface area contributed by atoms with Gasteiger partial charge in [-0.2, -0.15) is 0 Å². The number of nitrogens with zero attached hydrogens (tertiary/aromatic N) is 1. The first-order valence-corrected chi connectivity index (χ1v) is 6.04. The topological polar surface area (TPSA) is 42.0 Å². The second-order valence-electron chi connectivity index (χ2n) is 3.77. The van der Waals surface area contributed by atoms with Crippen LogP contribution < -0.4 is 5.32 Å². The van der Waals surface area contributed by atoms with Crippen LogP contribution in [0.4, 0.5) is 10.1 Å². The number of nitrogens with one attached hydrogen (secondary N) is 1. The number of rotatable bonds is 2. The number of benzene rings is 1. The molecule has 0 atom stereocenters. The van der Waals surface area contributed by atoms with Crippen molar-refractivity contribution in [2.24, 2.45) is 0 Å².